The first-order valence-electron chi connectivity index (χ1n) is 12.0. The third-order valence-corrected chi connectivity index (χ3v) is 7.59. The summed E-state index contributed by atoms with van der Waals surface area (Å²) in [5, 5.41) is 13.7. The maximum atomic E-state index is 11.3. The summed E-state index contributed by atoms with van der Waals surface area (Å²) in [5.41, 5.74) is 5.71. The van der Waals surface area contributed by atoms with Crippen molar-refractivity contribution in [3.05, 3.63) is 82.9 Å². The van der Waals surface area contributed by atoms with Crippen molar-refractivity contribution in [1.82, 2.24) is 19.8 Å². The molecule has 3 heterocycles. The van der Waals surface area contributed by atoms with Crippen LogP contribution in [0, 0.1) is 13.8 Å². The van der Waals surface area contributed by atoms with Gasteiger partial charge in [0.2, 0.25) is 0 Å². The van der Waals surface area contributed by atoms with E-state index in [0.717, 1.165) is 40.7 Å². The predicted molar refractivity (Wildman–Crippen MR) is 136 cm³/mol. The normalized spacial score (nSPS) is 21.0. The van der Waals surface area contributed by atoms with Gasteiger partial charge in [-0.3, -0.25) is 4.98 Å². The van der Waals surface area contributed by atoms with Gasteiger partial charge in [0.05, 0.1) is 23.3 Å². The molecule has 0 radical (unpaired) electrons. The van der Waals surface area contributed by atoms with Crippen molar-refractivity contribution in [2.75, 3.05) is 0 Å². The number of nitrogens with one attached hydrogen (secondary N) is 1. The van der Waals surface area contributed by atoms with Gasteiger partial charge in [0.25, 0.3) is 0 Å². The summed E-state index contributed by atoms with van der Waals surface area (Å²) in [6, 6.07) is 15.8. The van der Waals surface area contributed by atoms with Crippen molar-refractivity contribution in [3.63, 3.8) is 0 Å². The molecule has 0 amide bonds. The lowest BCUT2D eigenvalue weighted by molar-refractivity contribution is 0.0697. The minimum absolute atomic E-state index is 0.0287. The quantitative estimate of drug-likeness (QED) is 0.477. The molecule has 2 aromatic heterocycles. The molecule has 1 aromatic carbocycles. The summed E-state index contributed by atoms with van der Waals surface area (Å²) >= 11 is 5.92. The lowest BCUT2D eigenvalue weighted by atomic mass is 9.90. The molecule has 0 spiro atoms. The Bertz CT molecular complexity index is 1200. The van der Waals surface area contributed by atoms with E-state index >= 15 is 0 Å². The SMILES string of the molecule is Cc1cc([C@@H]2[C@@H](c3ccccn3)NC(=S)N2C2CCCCC2)c(C)n1-c1ccc(C(=O)O)cc1. The van der Waals surface area contributed by atoms with Crippen molar-refractivity contribution in [2.45, 2.75) is 64.1 Å². The van der Waals surface area contributed by atoms with Gasteiger partial charge in [-0.25, -0.2) is 4.79 Å². The molecule has 2 fully saturated rings. The Morgan fingerprint density at radius 3 is 2.47 bits per heavy atom. The van der Waals surface area contributed by atoms with E-state index in [-0.39, 0.29) is 17.6 Å². The first-order chi connectivity index (χ1) is 16.5. The number of carbonyl (C=O) groups is 1. The highest BCUT2D eigenvalue weighted by Crippen LogP contribution is 2.44. The highest BCUT2D eigenvalue weighted by atomic mass is 32.1. The Labute approximate surface area is 205 Å². The average molecular weight is 475 g/mol. The van der Waals surface area contributed by atoms with Crippen molar-refractivity contribution >= 4 is 23.3 Å². The molecule has 2 N–H and O–H groups in total. The summed E-state index contributed by atoms with van der Waals surface area (Å²) in [6.45, 7) is 4.24. The number of hydrogen-bond donors (Lipinski definition) is 2. The topological polar surface area (TPSA) is 70.4 Å². The molecule has 34 heavy (non-hydrogen) atoms. The van der Waals surface area contributed by atoms with Gasteiger partial charge in [-0.15, -0.1) is 0 Å². The second kappa shape index (κ2) is 9.22. The van der Waals surface area contributed by atoms with Crippen LogP contribution in [0.15, 0.2) is 54.7 Å². The maximum absolute atomic E-state index is 11.3. The van der Waals surface area contributed by atoms with Gasteiger partial charge in [-0.2, -0.15) is 0 Å². The van der Waals surface area contributed by atoms with Crippen LogP contribution in [0.3, 0.4) is 0 Å². The van der Waals surface area contributed by atoms with Crippen molar-refractivity contribution < 1.29 is 9.90 Å². The van der Waals surface area contributed by atoms with Gasteiger partial charge < -0.3 is 19.9 Å². The molecule has 1 aliphatic heterocycles. The Hall–Kier alpha value is -3.19. The van der Waals surface area contributed by atoms with E-state index in [2.05, 4.69) is 45.7 Å². The fraction of sp³-hybridized carbons (Fsp3) is 0.370. The molecular formula is C27H30N4O2S. The van der Waals surface area contributed by atoms with E-state index in [1.165, 1.54) is 24.8 Å². The van der Waals surface area contributed by atoms with Gasteiger partial charge in [0, 0.05) is 29.3 Å². The zero-order chi connectivity index (χ0) is 23.8. The molecule has 0 bridgehead atoms. The van der Waals surface area contributed by atoms with Gasteiger partial charge in [-0.1, -0.05) is 25.3 Å². The molecule has 0 unspecified atom stereocenters. The fourth-order valence-corrected chi connectivity index (χ4v) is 6.08. The van der Waals surface area contributed by atoms with Crippen LogP contribution in [0.2, 0.25) is 0 Å². The highest BCUT2D eigenvalue weighted by Gasteiger charge is 2.44. The summed E-state index contributed by atoms with van der Waals surface area (Å²) in [6.07, 6.45) is 7.91. The number of aromatic nitrogens is 2. The Balaban J connectivity index is 1.60. The molecule has 7 heteroatoms. The highest BCUT2D eigenvalue weighted by molar-refractivity contribution is 7.80. The molecule has 2 atom stereocenters. The number of aryl methyl sites for hydroxylation is 1. The minimum atomic E-state index is -0.917. The average Bonchev–Trinajstić information content (AvgIpc) is 3.35. The van der Waals surface area contributed by atoms with Gasteiger partial charge >= 0.3 is 5.97 Å². The predicted octanol–water partition coefficient (Wildman–Crippen LogP) is 5.49. The van der Waals surface area contributed by atoms with Crippen LogP contribution in [-0.4, -0.2) is 36.7 Å². The van der Waals surface area contributed by atoms with Crippen LogP contribution in [-0.2, 0) is 0 Å². The number of rotatable bonds is 5. The van der Waals surface area contributed by atoms with Crippen LogP contribution in [0.25, 0.3) is 5.69 Å². The number of nitrogens with zero attached hydrogens (tertiary/aromatic N) is 3. The smallest absolute Gasteiger partial charge is 0.335 e. The number of carboxylic acid groups (broad SMARTS) is 1. The molecule has 1 saturated carbocycles. The van der Waals surface area contributed by atoms with Crippen LogP contribution in [0.4, 0.5) is 0 Å². The lowest BCUT2D eigenvalue weighted by Crippen LogP contribution is -2.40. The monoisotopic (exact) mass is 474 g/mol. The molecule has 1 aliphatic carbocycles. The van der Waals surface area contributed by atoms with E-state index in [1.807, 2.05) is 30.5 Å². The van der Waals surface area contributed by atoms with Gasteiger partial charge in [0.1, 0.15) is 0 Å². The van der Waals surface area contributed by atoms with Crippen LogP contribution < -0.4 is 5.32 Å². The third kappa shape index (κ3) is 3.98. The first kappa shape index (κ1) is 22.6. The molecule has 1 saturated heterocycles. The zero-order valence-corrected chi connectivity index (χ0v) is 20.4. The van der Waals surface area contributed by atoms with E-state index in [1.54, 1.807) is 12.1 Å². The molecule has 6 nitrogen and oxygen atoms in total. The fourth-order valence-electron chi connectivity index (χ4n) is 5.69. The van der Waals surface area contributed by atoms with Crippen LogP contribution in [0.5, 0.6) is 0 Å². The van der Waals surface area contributed by atoms with Crippen molar-refractivity contribution in [2.24, 2.45) is 0 Å². The van der Waals surface area contributed by atoms with E-state index in [0.29, 0.717) is 6.04 Å². The number of thiocarbonyl (C=S) groups is 1. The molecular weight excluding hydrogens is 444 g/mol. The van der Waals surface area contributed by atoms with Crippen LogP contribution >= 0.6 is 12.2 Å². The number of hydrogen-bond acceptors (Lipinski definition) is 3. The van der Waals surface area contributed by atoms with Gasteiger partial charge in [0.15, 0.2) is 5.11 Å². The molecule has 5 rings (SSSR count). The Morgan fingerprint density at radius 1 is 1.09 bits per heavy atom. The number of benzene rings is 1. The van der Waals surface area contributed by atoms with Gasteiger partial charge in [-0.05, 0) is 86.9 Å². The lowest BCUT2D eigenvalue weighted by Gasteiger charge is -2.37. The third-order valence-electron chi connectivity index (χ3n) is 7.26. The van der Waals surface area contributed by atoms with Crippen molar-refractivity contribution in [1.29, 1.82) is 0 Å². The van der Waals surface area contributed by atoms with Crippen LogP contribution in [0.1, 0.15) is 77.2 Å². The molecule has 3 aromatic rings. The number of pyridine rings is 1. The standard InChI is InChI=1S/C27H30N4O2S/c1-17-16-22(18(2)30(17)21-13-11-19(12-14-21)26(32)33)25-24(23-10-6-7-15-28-23)29-27(34)31(25)20-8-4-3-5-9-20/h6-7,10-16,20,24-25H,3-5,8-9H2,1-2H3,(H,29,34)(H,32,33)/t24-,25-/m1/s1. The Kier molecular flexibility index (Phi) is 6.13. The Morgan fingerprint density at radius 2 is 1.82 bits per heavy atom. The maximum Gasteiger partial charge on any atom is 0.335 e. The van der Waals surface area contributed by atoms with E-state index in [4.69, 9.17) is 12.2 Å². The first-order valence-corrected chi connectivity index (χ1v) is 12.4. The zero-order valence-electron chi connectivity index (χ0n) is 19.6. The second-order valence-electron chi connectivity index (χ2n) is 9.34. The summed E-state index contributed by atoms with van der Waals surface area (Å²) in [7, 11) is 0. The number of aromatic carboxylic acids is 1. The molecule has 176 valence electrons. The number of carboxylic acids is 1. The largest absolute Gasteiger partial charge is 0.478 e. The summed E-state index contributed by atoms with van der Waals surface area (Å²) in [5.74, 6) is -0.917. The summed E-state index contributed by atoms with van der Waals surface area (Å²) in [4.78, 5) is 18.4. The van der Waals surface area contributed by atoms with E-state index < -0.39 is 5.97 Å². The summed E-state index contributed by atoms with van der Waals surface area (Å²) < 4.78 is 2.21. The second-order valence-corrected chi connectivity index (χ2v) is 9.73. The minimum Gasteiger partial charge on any atom is -0.478 e. The van der Waals surface area contributed by atoms with E-state index in [9.17, 15) is 9.90 Å². The van der Waals surface area contributed by atoms with Crippen molar-refractivity contribution in [3.8, 4) is 5.69 Å². The molecule has 2 aliphatic rings.